The van der Waals surface area contributed by atoms with E-state index in [2.05, 4.69) is 55.3 Å². The van der Waals surface area contributed by atoms with Crippen LogP contribution in [0.15, 0.2) is 52.5 Å². The maximum atomic E-state index is 13.5. The fraction of sp³-hybridized carbons (Fsp3) is 0.360. The van der Waals surface area contributed by atoms with E-state index < -0.39 is 0 Å². The second kappa shape index (κ2) is 10.5. The maximum Gasteiger partial charge on any atom is 0.272 e. The molecule has 3 heterocycles. The highest BCUT2D eigenvalue weighted by molar-refractivity contribution is 7.99. The van der Waals surface area contributed by atoms with Gasteiger partial charge in [-0.3, -0.25) is 14.2 Å². The van der Waals surface area contributed by atoms with Gasteiger partial charge >= 0.3 is 0 Å². The topological polar surface area (TPSA) is 76.9 Å². The number of pyridine rings is 1. The summed E-state index contributed by atoms with van der Waals surface area (Å²) in [7, 11) is 0. The number of amides is 1. The van der Waals surface area contributed by atoms with Crippen molar-refractivity contribution < 1.29 is 4.79 Å². The van der Waals surface area contributed by atoms with Crippen LogP contribution in [0.2, 0.25) is 0 Å². The molecule has 1 N–H and O–H groups in total. The van der Waals surface area contributed by atoms with E-state index in [4.69, 9.17) is 4.98 Å². The van der Waals surface area contributed by atoms with E-state index in [1.165, 1.54) is 28.7 Å². The van der Waals surface area contributed by atoms with Gasteiger partial charge in [0.1, 0.15) is 9.53 Å². The highest BCUT2D eigenvalue weighted by Crippen LogP contribution is 2.30. The first-order valence-corrected chi connectivity index (χ1v) is 13.0. The highest BCUT2D eigenvalue weighted by Gasteiger charge is 2.18. The lowest BCUT2D eigenvalue weighted by atomic mass is 10.0. The molecule has 172 valence electrons. The summed E-state index contributed by atoms with van der Waals surface area (Å²) in [6.45, 7) is 7.48. The summed E-state index contributed by atoms with van der Waals surface area (Å²) >= 11 is 2.68. The van der Waals surface area contributed by atoms with Crippen LogP contribution in [-0.4, -0.2) is 32.7 Å². The number of carbonyl (C=O) groups is 1. The van der Waals surface area contributed by atoms with E-state index >= 15 is 0 Å². The number of hydrogen-bond acceptors (Lipinski definition) is 6. The van der Waals surface area contributed by atoms with Gasteiger partial charge in [-0.1, -0.05) is 63.2 Å². The van der Waals surface area contributed by atoms with Crippen LogP contribution in [-0.2, 0) is 11.3 Å². The molecule has 0 bridgehead atoms. The number of hydrogen-bond donors (Lipinski definition) is 1. The molecule has 1 amide bonds. The minimum Gasteiger partial charge on any atom is -0.355 e. The first kappa shape index (κ1) is 23.4. The molecule has 0 spiro atoms. The number of nitrogens with zero attached hydrogens (tertiary/aromatic N) is 3. The number of thioether (sulfide) groups is 1. The van der Waals surface area contributed by atoms with Crippen molar-refractivity contribution in [3.8, 4) is 0 Å². The minimum atomic E-state index is -0.0928. The molecule has 8 heteroatoms. The van der Waals surface area contributed by atoms with Gasteiger partial charge in [0.15, 0.2) is 5.16 Å². The molecule has 4 rings (SSSR count). The normalized spacial score (nSPS) is 11.5. The Bertz CT molecular complexity index is 1330. The third-order valence-electron chi connectivity index (χ3n) is 5.49. The fourth-order valence-electron chi connectivity index (χ4n) is 3.57. The van der Waals surface area contributed by atoms with Crippen molar-refractivity contribution in [1.29, 1.82) is 0 Å². The Morgan fingerprint density at radius 1 is 1.21 bits per heavy atom. The summed E-state index contributed by atoms with van der Waals surface area (Å²) < 4.78 is 2.28. The van der Waals surface area contributed by atoms with E-state index in [0.29, 0.717) is 34.4 Å². The molecule has 1 aromatic carbocycles. The van der Waals surface area contributed by atoms with Gasteiger partial charge in [0.05, 0.1) is 17.8 Å². The molecular formula is C25H28N4O2S2. The zero-order chi connectivity index (χ0) is 23.4. The van der Waals surface area contributed by atoms with Crippen molar-refractivity contribution in [2.75, 3.05) is 12.3 Å². The Labute approximate surface area is 201 Å². The lowest BCUT2D eigenvalue weighted by molar-refractivity contribution is -0.118. The van der Waals surface area contributed by atoms with Crippen molar-refractivity contribution in [1.82, 2.24) is 19.9 Å². The second-order valence-corrected chi connectivity index (χ2v) is 10.3. The first-order chi connectivity index (χ1) is 16.0. The Kier molecular flexibility index (Phi) is 7.45. The Morgan fingerprint density at radius 2 is 2.00 bits per heavy atom. The molecule has 0 radical (unpaired) electrons. The monoisotopic (exact) mass is 480 g/mol. The van der Waals surface area contributed by atoms with Crippen molar-refractivity contribution >= 4 is 49.4 Å². The largest absolute Gasteiger partial charge is 0.355 e. The van der Waals surface area contributed by atoms with Crippen molar-refractivity contribution in [2.45, 2.75) is 51.2 Å². The van der Waals surface area contributed by atoms with Gasteiger partial charge in [0.2, 0.25) is 5.91 Å². The quantitative estimate of drug-likeness (QED) is 0.203. The van der Waals surface area contributed by atoms with Gasteiger partial charge in [0.25, 0.3) is 5.56 Å². The minimum absolute atomic E-state index is 0.0486. The van der Waals surface area contributed by atoms with Gasteiger partial charge in [-0.15, -0.1) is 11.3 Å². The number of rotatable bonds is 9. The predicted molar refractivity (Wildman–Crippen MR) is 137 cm³/mol. The van der Waals surface area contributed by atoms with E-state index in [9.17, 15) is 9.59 Å². The SMILES string of the molecule is CCCCNC(=O)CSc1nc2c(sc3ncccc32)c(=O)n1Cc1ccc(C(C)C)cc1. The molecular weight excluding hydrogens is 452 g/mol. The molecule has 6 nitrogen and oxygen atoms in total. The summed E-state index contributed by atoms with van der Waals surface area (Å²) in [5.74, 6) is 0.615. The lowest BCUT2D eigenvalue weighted by Gasteiger charge is -2.13. The van der Waals surface area contributed by atoms with Crippen molar-refractivity contribution in [3.05, 3.63) is 64.1 Å². The van der Waals surface area contributed by atoms with Crippen LogP contribution in [0.3, 0.4) is 0 Å². The van der Waals surface area contributed by atoms with Gasteiger partial charge in [-0.25, -0.2) is 9.97 Å². The van der Waals surface area contributed by atoms with E-state index in [1.54, 1.807) is 10.8 Å². The summed E-state index contributed by atoms with van der Waals surface area (Å²) in [5.41, 5.74) is 2.85. The Hall–Kier alpha value is -2.71. The average molecular weight is 481 g/mol. The highest BCUT2D eigenvalue weighted by atomic mass is 32.2. The van der Waals surface area contributed by atoms with Crippen molar-refractivity contribution in [2.24, 2.45) is 0 Å². The van der Waals surface area contributed by atoms with Gasteiger partial charge in [-0.2, -0.15) is 0 Å². The molecule has 3 aromatic heterocycles. The average Bonchev–Trinajstić information content (AvgIpc) is 3.19. The molecule has 0 saturated carbocycles. The van der Waals surface area contributed by atoms with E-state index in [1.807, 2.05) is 12.1 Å². The molecule has 0 aliphatic carbocycles. The van der Waals surface area contributed by atoms with E-state index in [0.717, 1.165) is 28.6 Å². The molecule has 0 aliphatic heterocycles. The third-order valence-corrected chi connectivity index (χ3v) is 7.56. The molecule has 0 fully saturated rings. The third kappa shape index (κ3) is 5.28. The number of nitrogens with one attached hydrogen (secondary N) is 1. The molecule has 4 aromatic rings. The number of benzene rings is 1. The van der Waals surface area contributed by atoms with Gasteiger partial charge < -0.3 is 5.32 Å². The molecule has 0 unspecified atom stereocenters. The lowest BCUT2D eigenvalue weighted by Crippen LogP contribution is -2.27. The van der Waals surface area contributed by atoms with Gasteiger partial charge in [0, 0.05) is 18.1 Å². The number of carbonyl (C=O) groups excluding carboxylic acids is 1. The molecule has 33 heavy (non-hydrogen) atoms. The summed E-state index contributed by atoms with van der Waals surface area (Å²) in [5, 5.41) is 4.36. The number of unbranched alkanes of at least 4 members (excludes halogenated alkanes) is 1. The zero-order valence-electron chi connectivity index (χ0n) is 19.1. The van der Waals surface area contributed by atoms with Crippen LogP contribution >= 0.6 is 23.1 Å². The zero-order valence-corrected chi connectivity index (χ0v) is 20.8. The van der Waals surface area contributed by atoms with Crippen LogP contribution in [0.5, 0.6) is 0 Å². The fourth-order valence-corrected chi connectivity index (χ4v) is 5.42. The summed E-state index contributed by atoms with van der Waals surface area (Å²) in [6.07, 6.45) is 3.70. The Balaban J connectivity index is 1.71. The van der Waals surface area contributed by atoms with Crippen LogP contribution in [0.1, 0.15) is 50.7 Å². The maximum absolute atomic E-state index is 13.5. The summed E-state index contributed by atoms with van der Waals surface area (Å²) in [6, 6.07) is 12.1. The van der Waals surface area contributed by atoms with Crippen LogP contribution in [0, 0.1) is 0 Å². The molecule has 0 aliphatic rings. The number of fused-ring (bicyclic) bond motifs is 3. The molecule has 0 saturated heterocycles. The summed E-state index contributed by atoms with van der Waals surface area (Å²) in [4.78, 5) is 35.9. The van der Waals surface area contributed by atoms with E-state index in [-0.39, 0.29) is 17.2 Å². The molecule has 0 atom stereocenters. The Morgan fingerprint density at radius 3 is 2.73 bits per heavy atom. The van der Waals surface area contributed by atoms with Crippen LogP contribution in [0.25, 0.3) is 20.4 Å². The van der Waals surface area contributed by atoms with Gasteiger partial charge in [-0.05, 0) is 35.6 Å². The predicted octanol–water partition coefficient (Wildman–Crippen LogP) is 5.19. The number of thiophene rings is 1. The van der Waals surface area contributed by atoms with Crippen LogP contribution < -0.4 is 10.9 Å². The smallest absolute Gasteiger partial charge is 0.272 e. The first-order valence-electron chi connectivity index (χ1n) is 11.2. The second-order valence-electron chi connectivity index (χ2n) is 8.31. The standard InChI is InChI=1S/C25H28N4O2S2/c1-4-5-12-26-20(30)15-32-25-28-21-19-7-6-13-27-23(19)33-22(21)24(31)29(25)14-17-8-10-18(11-9-17)16(2)3/h6-11,13,16H,4-5,12,14-15H2,1-3H3,(H,26,30). The number of aromatic nitrogens is 3. The van der Waals surface area contributed by atoms with Crippen LogP contribution in [0.4, 0.5) is 0 Å². The van der Waals surface area contributed by atoms with Crippen molar-refractivity contribution in [3.63, 3.8) is 0 Å².